The van der Waals surface area contributed by atoms with Crippen molar-refractivity contribution in [1.29, 1.82) is 0 Å². The van der Waals surface area contributed by atoms with Gasteiger partial charge in [0.1, 0.15) is 0 Å². The fraction of sp³-hybridized carbons (Fsp3) is 0.318. The first-order chi connectivity index (χ1) is 15.4. The van der Waals surface area contributed by atoms with Crippen molar-refractivity contribution in [3.8, 4) is 11.3 Å². The maximum atomic E-state index is 13.5. The Morgan fingerprint density at radius 3 is 2.45 bits per heavy atom. The second kappa shape index (κ2) is 7.98. The SMILES string of the molecule is Cc1noc2nc(-c3ccccc3C(F)(F)F)cc(C(=O)OCc3nc(C(C)(C)C)no3)c12. The van der Waals surface area contributed by atoms with Crippen LogP contribution in [-0.4, -0.2) is 26.3 Å². The summed E-state index contributed by atoms with van der Waals surface area (Å²) in [7, 11) is 0. The van der Waals surface area contributed by atoms with Crippen LogP contribution in [0.15, 0.2) is 39.4 Å². The van der Waals surface area contributed by atoms with Gasteiger partial charge in [-0.15, -0.1) is 0 Å². The fourth-order valence-corrected chi connectivity index (χ4v) is 3.17. The molecule has 0 radical (unpaired) electrons. The topological polar surface area (TPSA) is 104 Å². The van der Waals surface area contributed by atoms with Gasteiger partial charge in [-0.3, -0.25) is 0 Å². The van der Waals surface area contributed by atoms with Gasteiger partial charge in [0.05, 0.1) is 27.9 Å². The lowest BCUT2D eigenvalue weighted by Crippen LogP contribution is -2.13. The number of halogens is 3. The first-order valence-corrected chi connectivity index (χ1v) is 9.89. The number of nitrogens with zero attached hydrogens (tertiary/aromatic N) is 4. The fourth-order valence-electron chi connectivity index (χ4n) is 3.17. The summed E-state index contributed by atoms with van der Waals surface area (Å²) in [5, 5.41) is 7.89. The van der Waals surface area contributed by atoms with Gasteiger partial charge in [-0.05, 0) is 19.1 Å². The molecule has 0 aliphatic heterocycles. The summed E-state index contributed by atoms with van der Waals surface area (Å²) >= 11 is 0. The quantitative estimate of drug-likeness (QED) is 0.380. The number of aromatic nitrogens is 4. The molecule has 0 aliphatic rings. The average molecular weight is 460 g/mol. The van der Waals surface area contributed by atoms with Gasteiger partial charge in [-0.1, -0.05) is 49.3 Å². The third-order valence-corrected chi connectivity index (χ3v) is 4.81. The third kappa shape index (κ3) is 4.43. The van der Waals surface area contributed by atoms with E-state index in [1.165, 1.54) is 24.3 Å². The molecule has 8 nitrogen and oxygen atoms in total. The first kappa shape index (κ1) is 22.4. The Morgan fingerprint density at radius 1 is 1.06 bits per heavy atom. The molecule has 11 heteroatoms. The number of carbonyl (C=O) groups is 1. The maximum Gasteiger partial charge on any atom is 0.417 e. The lowest BCUT2D eigenvalue weighted by atomic mass is 9.96. The predicted octanol–water partition coefficient (Wildman–Crippen LogP) is 5.25. The maximum absolute atomic E-state index is 13.5. The summed E-state index contributed by atoms with van der Waals surface area (Å²) in [6, 6.07) is 6.15. The molecule has 172 valence electrons. The number of hydrogen-bond donors (Lipinski definition) is 0. The summed E-state index contributed by atoms with van der Waals surface area (Å²) in [5.41, 5.74) is -1.35. The van der Waals surface area contributed by atoms with E-state index in [2.05, 4.69) is 20.3 Å². The number of aryl methyl sites for hydroxylation is 1. The Balaban J connectivity index is 1.71. The minimum absolute atomic E-state index is 0.0405. The van der Waals surface area contributed by atoms with Gasteiger partial charge in [-0.2, -0.15) is 18.2 Å². The van der Waals surface area contributed by atoms with Crippen LogP contribution in [0.1, 0.15) is 54.1 Å². The molecular formula is C22H19F3N4O4. The second-order valence-electron chi connectivity index (χ2n) is 8.38. The highest BCUT2D eigenvalue weighted by atomic mass is 19.4. The molecule has 0 atom stereocenters. The highest BCUT2D eigenvalue weighted by Crippen LogP contribution is 2.37. The summed E-state index contributed by atoms with van der Waals surface area (Å²) in [6.45, 7) is 6.97. The summed E-state index contributed by atoms with van der Waals surface area (Å²) in [4.78, 5) is 21.3. The molecular weight excluding hydrogens is 441 g/mol. The van der Waals surface area contributed by atoms with Gasteiger partial charge in [0.2, 0.25) is 0 Å². The van der Waals surface area contributed by atoms with Crippen LogP contribution in [0.25, 0.3) is 22.4 Å². The molecule has 0 aliphatic carbocycles. The molecule has 0 N–H and O–H groups in total. The van der Waals surface area contributed by atoms with Crippen molar-refractivity contribution in [3.63, 3.8) is 0 Å². The van der Waals surface area contributed by atoms with Crippen molar-refractivity contribution in [3.05, 3.63) is 58.9 Å². The zero-order valence-corrected chi connectivity index (χ0v) is 18.1. The molecule has 33 heavy (non-hydrogen) atoms. The average Bonchev–Trinajstić information content (AvgIpc) is 3.38. The van der Waals surface area contributed by atoms with Crippen molar-refractivity contribution in [2.45, 2.75) is 45.9 Å². The van der Waals surface area contributed by atoms with Crippen LogP contribution in [-0.2, 0) is 22.9 Å². The zero-order valence-electron chi connectivity index (χ0n) is 18.1. The minimum Gasteiger partial charge on any atom is -0.452 e. The van der Waals surface area contributed by atoms with E-state index in [1.807, 2.05) is 20.8 Å². The number of esters is 1. The number of alkyl halides is 3. The van der Waals surface area contributed by atoms with Crippen LogP contribution in [0.3, 0.4) is 0 Å². The molecule has 0 saturated carbocycles. The van der Waals surface area contributed by atoms with Crippen molar-refractivity contribution in [2.75, 3.05) is 0 Å². The highest BCUT2D eigenvalue weighted by Gasteiger charge is 2.34. The largest absolute Gasteiger partial charge is 0.452 e. The van der Waals surface area contributed by atoms with Gasteiger partial charge >= 0.3 is 12.1 Å². The third-order valence-electron chi connectivity index (χ3n) is 4.81. The number of benzene rings is 1. The van der Waals surface area contributed by atoms with Crippen LogP contribution >= 0.6 is 0 Å². The van der Waals surface area contributed by atoms with Gasteiger partial charge in [0.15, 0.2) is 12.4 Å². The Bertz CT molecular complexity index is 1340. The Kier molecular flexibility index (Phi) is 5.43. The predicted molar refractivity (Wildman–Crippen MR) is 109 cm³/mol. The zero-order chi connectivity index (χ0) is 24.0. The standard InChI is InChI=1S/C22H19F3N4O4/c1-11-17-13(19(30)31-10-16-27-20(29-32-16)21(2,3)4)9-15(26-18(17)33-28-11)12-7-5-6-8-14(12)22(23,24)25/h5-9H,10H2,1-4H3. The Hall–Kier alpha value is -3.76. The molecule has 1 aromatic carbocycles. The second-order valence-corrected chi connectivity index (χ2v) is 8.38. The van der Waals surface area contributed by atoms with Gasteiger partial charge in [-0.25, -0.2) is 9.78 Å². The number of fused-ring (bicyclic) bond motifs is 1. The Labute approximate surface area is 185 Å². The van der Waals surface area contributed by atoms with Crippen molar-refractivity contribution in [2.24, 2.45) is 0 Å². The van der Waals surface area contributed by atoms with Gasteiger partial charge in [0.25, 0.3) is 11.6 Å². The van der Waals surface area contributed by atoms with E-state index in [4.69, 9.17) is 13.8 Å². The van der Waals surface area contributed by atoms with E-state index < -0.39 is 17.7 Å². The van der Waals surface area contributed by atoms with Crippen molar-refractivity contribution >= 4 is 17.1 Å². The Morgan fingerprint density at radius 2 is 1.79 bits per heavy atom. The molecule has 4 rings (SSSR count). The monoisotopic (exact) mass is 460 g/mol. The van der Waals surface area contributed by atoms with E-state index >= 15 is 0 Å². The molecule has 0 saturated heterocycles. The molecule has 0 spiro atoms. The summed E-state index contributed by atoms with van der Waals surface area (Å²) in [6.07, 6.45) is -4.62. The highest BCUT2D eigenvalue weighted by molar-refractivity contribution is 6.04. The van der Waals surface area contributed by atoms with Crippen LogP contribution in [0, 0.1) is 6.92 Å². The smallest absolute Gasteiger partial charge is 0.417 e. The number of hydrogen-bond acceptors (Lipinski definition) is 8. The molecule has 4 aromatic rings. The van der Waals surface area contributed by atoms with E-state index in [0.29, 0.717) is 11.5 Å². The van der Waals surface area contributed by atoms with Crippen LogP contribution in [0.2, 0.25) is 0 Å². The van der Waals surface area contributed by atoms with E-state index in [0.717, 1.165) is 6.07 Å². The van der Waals surface area contributed by atoms with Gasteiger partial charge in [0, 0.05) is 11.0 Å². The number of ether oxygens (including phenoxy) is 1. The lowest BCUT2D eigenvalue weighted by Gasteiger charge is -2.13. The summed E-state index contributed by atoms with van der Waals surface area (Å²) in [5.74, 6) is -0.293. The number of rotatable bonds is 4. The molecule has 3 heterocycles. The van der Waals surface area contributed by atoms with Crippen LogP contribution in [0.5, 0.6) is 0 Å². The molecule has 0 fully saturated rings. The van der Waals surface area contributed by atoms with E-state index in [9.17, 15) is 18.0 Å². The minimum atomic E-state index is -4.62. The van der Waals surface area contributed by atoms with Crippen LogP contribution in [0.4, 0.5) is 13.2 Å². The normalized spacial score (nSPS) is 12.3. The summed E-state index contributed by atoms with van der Waals surface area (Å²) < 4.78 is 56.1. The first-order valence-electron chi connectivity index (χ1n) is 9.89. The number of carbonyl (C=O) groups excluding carboxylic acids is 1. The molecule has 0 unspecified atom stereocenters. The van der Waals surface area contributed by atoms with E-state index in [-0.39, 0.29) is 45.8 Å². The number of pyridine rings is 1. The lowest BCUT2D eigenvalue weighted by molar-refractivity contribution is -0.137. The molecule has 0 bridgehead atoms. The van der Waals surface area contributed by atoms with Crippen LogP contribution < -0.4 is 0 Å². The molecule has 0 amide bonds. The molecule has 3 aromatic heterocycles. The van der Waals surface area contributed by atoms with Crippen molar-refractivity contribution < 1.29 is 31.7 Å². The van der Waals surface area contributed by atoms with Crippen molar-refractivity contribution in [1.82, 2.24) is 20.3 Å². The van der Waals surface area contributed by atoms with E-state index in [1.54, 1.807) is 6.92 Å². The van der Waals surface area contributed by atoms with Gasteiger partial charge < -0.3 is 13.8 Å².